The first kappa shape index (κ1) is 64.1. The molecule has 410 valence electrons. The Balaban J connectivity index is 1.95. The number of hydrogen-bond donors (Lipinski definition) is 0. The highest BCUT2D eigenvalue weighted by molar-refractivity contribution is 7.17. The molecule has 0 spiro atoms. The van der Waals surface area contributed by atoms with E-state index in [0.29, 0.717) is 68.5 Å². The number of fused-ring (bicyclic) bond motifs is 1. The molecule has 0 radical (unpaired) electrons. The Morgan fingerprint density at radius 1 is 0.592 bits per heavy atom. The minimum Gasteiger partial charge on any atom is -0.465 e. The summed E-state index contributed by atoms with van der Waals surface area (Å²) in [4.78, 5) is 71.0. The fourth-order valence-electron chi connectivity index (χ4n) is 9.51. The smallest absolute Gasteiger partial charge is 0.341 e. The summed E-state index contributed by atoms with van der Waals surface area (Å²) in [6.07, 6.45) is 33.6. The van der Waals surface area contributed by atoms with Crippen molar-refractivity contribution in [1.82, 2.24) is 9.80 Å². The van der Waals surface area contributed by atoms with E-state index in [1.807, 2.05) is 19.0 Å². The zero-order chi connectivity index (χ0) is 51.9. The lowest BCUT2D eigenvalue weighted by molar-refractivity contribution is -0.150. The Hall–Kier alpha value is -3.06. The van der Waals surface area contributed by atoms with E-state index in [-0.39, 0.29) is 84.6 Å². The summed E-state index contributed by atoms with van der Waals surface area (Å²) < 4.78 is 33.6. The van der Waals surface area contributed by atoms with Gasteiger partial charge in [-0.2, -0.15) is 0 Å². The highest BCUT2D eigenvalue weighted by atomic mass is 32.1. The molecule has 0 saturated carbocycles. The standard InChI is InChI=1S/C58H102FN3O8S/c1-7-11-15-19-22-26-35-48(36-27-23-20-16-12-8-2)57(66)68-45-33-25-30-40-53(64)62(59)56-55(58(67)69-46-34-43-60(5)6)50-42-44-61(47-51(50)71-56)52(63)39-31-32-41-54(65)70-49(37-28-18-14-10-4)38-29-24-21-17-13-9-3/h48-49H,7-47H2,1-6H3. The molecule has 1 aromatic rings. The highest BCUT2D eigenvalue weighted by Gasteiger charge is 2.34. The van der Waals surface area contributed by atoms with Crippen LogP contribution in [0.1, 0.15) is 273 Å². The van der Waals surface area contributed by atoms with Crippen LogP contribution in [0.2, 0.25) is 0 Å². The van der Waals surface area contributed by atoms with E-state index in [9.17, 15) is 24.0 Å². The lowest BCUT2D eigenvalue weighted by Crippen LogP contribution is -2.35. The lowest BCUT2D eigenvalue weighted by atomic mass is 9.94. The first-order valence-electron chi connectivity index (χ1n) is 29.1. The molecule has 71 heavy (non-hydrogen) atoms. The highest BCUT2D eigenvalue weighted by Crippen LogP contribution is 2.41. The molecular weight excluding hydrogens is 918 g/mol. The molecule has 13 heteroatoms. The van der Waals surface area contributed by atoms with Crippen LogP contribution in [0.5, 0.6) is 0 Å². The minimum atomic E-state index is -0.753. The number of thiophene rings is 1. The normalized spacial score (nSPS) is 12.9. The fourth-order valence-corrected chi connectivity index (χ4v) is 10.8. The van der Waals surface area contributed by atoms with Crippen molar-refractivity contribution in [2.45, 2.75) is 271 Å². The summed E-state index contributed by atoms with van der Waals surface area (Å²) >= 11 is 1.03. The summed E-state index contributed by atoms with van der Waals surface area (Å²) in [6.45, 7) is 10.6. The molecule has 0 aromatic carbocycles. The molecule has 2 amide bonds. The van der Waals surface area contributed by atoms with Gasteiger partial charge in [-0.15, -0.1) is 16.5 Å². The quantitative estimate of drug-likeness (QED) is 0.0272. The number of esters is 3. The first-order chi connectivity index (χ1) is 34.5. The van der Waals surface area contributed by atoms with Crippen LogP contribution in [0.25, 0.3) is 0 Å². The Kier molecular flexibility index (Phi) is 37.3. The Morgan fingerprint density at radius 3 is 1.66 bits per heavy atom. The molecule has 0 saturated heterocycles. The van der Waals surface area contributed by atoms with Crippen molar-refractivity contribution < 1.29 is 42.7 Å². The second-order valence-electron chi connectivity index (χ2n) is 20.7. The predicted molar refractivity (Wildman–Crippen MR) is 289 cm³/mol. The molecule has 0 aliphatic carbocycles. The molecule has 1 aliphatic heterocycles. The fraction of sp³-hybridized carbons (Fsp3) is 0.845. The molecular formula is C58H102FN3O8S. The first-order valence-corrected chi connectivity index (χ1v) is 29.9. The van der Waals surface area contributed by atoms with Crippen molar-refractivity contribution >= 4 is 46.1 Å². The van der Waals surface area contributed by atoms with Gasteiger partial charge in [0.1, 0.15) is 16.7 Å². The van der Waals surface area contributed by atoms with Crippen LogP contribution < -0.4 is 5.12 Å². The van der Waals surface area contributed by atoms with Gasteiger partial charge in [-0.25, -0.2) is 4.79 Å². The van der Waals surface area contributed by atoms with Crippen molar-refractivity contribution in [3.05, 3.63) is 16.0 Å². The van der Waals surface area contributed by atoms with Gasteiger partial charge in [0.05, 0.1) is 25.7 Å². The van der Waals surface area contributed by atoms with Gasteiger partial charge in [0.25, 0.3) is 5.91 Å². The third-order valence-corrected chi connectivity index (χ3v) is 15.2. The minimum absolute atomic E-state index is 0.0405. The van der Waals surface area contributed by atoms with Gasteiger partial charge in [0.15, 0.2) is 0 Å². The molecule has 1 unspecified atom stereocenters. The Bertz CT molecular complexity index is 1570. The van der Waals surface area contributed by atoms with Crippen LogP contribution in [0.15, 0.2) is 0 Å². The summed E-state index contributed by atoms with van der Waals surface area (Å²) in [7, 11) is 3.87. The number of anilines is 1. The summed E-state index contributed by atoms with van der Waals surface area (Å²) in [6, 6.07) is 0. The average Bonchev–Trinajstić information content (AvgIpc) is 3.75. The van der Waals surface area contributed by atoms with Crippen molar-refractivity contribution in [1.29, 1.82) is 0 Å². The summed E-state index contributed by atoms with van der Waals surface area (Å²) in [5, 5.41) is 0.00431. The van der Waals surface area contributed by atoms with Crippen LogP contribution >= 0.6 is 11.3 Å². The van der Waals surface area contributed by atoms with Gasteiger partial charge in [0.2, 0.25) is 5.91 Å². The third-order valence-electron chi connectivity index (χ3n) is 14.0. The average molecular weight is 1020 g/mol. The van der Waals surface area contributed by atoms with Gasteiger partial charge in [-0.05, 0) is 103 Å². The van der Waals surface area contributed by atoms with Gasteiger partial charge in [0, 0.05) is 37.2 Å². The maximum absolute atomic E-state index is 16.2. The van der Waals surface area contributed by atoms with Crippen LogP contribution in [0, 0.1) is 5.92 Å². The Labute approximate surface area is 435 Å². The van der Waals surface area contributed by atoms with Crippen molar-refractivity contribution in [3.63, 3.8) is 0 Å². The van der Waals surface area contributed by atoms with Crippen LogP contribution in [0.3, 0.4) is 0 Å². The zero-order valence-electron chi connectivity index (χ0n) is 46.0. The predicted octanol–water partition coefficient (Wildman–Crippen LogP) is 15.4. The van der Waals surface area contributed by atoms with E-state index in [4.69, 9.17) is 14.2 Å². The summed E-state index contributed by atoms with van der Waals surface area (Å²) in [5.74, 6) is -1.86. The monoisotopic (exact) mass is 1020 g/mol. The number of unbranched alkanes of at least 4 members (excludes halogenated alkanes) is 21. The van der Waals surface area contributed by atoms with Crippen LogP contribution in [0.4, 0.5) is 9.48 Å². The number of halogens is 1. The van der Waals surface area contributed by atoms with Gasteiger partial charge >= 0.3 is 17.9 Å². The van der Waals surface area contributed by atoms with Crippen LogP contribution in [-0.2, 0) is 46.4 Å². The number of amides is 2. The molecule has 1 atom stereocenters. The van der Waals surface area contributed by atoms with Crippen molar-refractivity contribution in [2.75, 3.05) is 45.5 Å². The Morgan fingerprint density at radius 2 is 1.08 bits per heavy atom. The molecule has 0 bridgehead atoms. The number of ether oxygens (including phenoxy) is 3. The van der Waals surface area contributed by atoms with Gasteiger partial charge in [-0.3, -0.25) is 19.2 Å². The van der Waals surface area contributed by atoms with Crippen molar-refractivity contribution in [3.8, 4) is 0 Å². The molecule has 1 aliphatic rings. The van der Waals surface area contributed by atoms with E-state index in [1.54, 1.807) is 4.90 Å². The molecule has 2 rings (SSSR count). The number of nitrogens with zero attached hydrogens (tertiary/aromatic N) is 3. The SMILES string of the molecule is CCCCCCCCC(CCCCCC)OC(=O)CCCCC(=O)N1CCc2c(sc(N(F)C(=O)CCCCCOC(=O)C(CCCCCCCC)CCCCCCCC)c2C(=O)OCCCN(C)C)C1. The number of rotatable bonds is 45. The van der Waals surface area contributed by atoms with E-state index in [2.05, 4.69) is 27.7 Å². The third kappa shape index (κ3) is 28.8. The molecule has 0 fully saturated rings. The van der Waals surface area contributed by atoms with E-state index in [0.717, 1.165) is 82.0 Å². The van der Waals surface area contributed by atoms with E-state index < -0.39 is 11.9 Å². The van der Waals surface area contributed by atoms with Gasteiger partial charge in [-0.1, -0.05) is 161 Å². The second kappa shape index (κ2) is 41.3. The topological polar surface area (TPSA) is 123 Å². The van der Waals surface area contributed by atoms with E-state index in [1.165, 1.54) is 96.3 Å². The van der Waals surface area contributed by atoms with Crippen molar-refractivity contribution in [2.24, 2.45) is 5.92 Å². The maximum atomic E-state index is 16.2. The van der Waals surface area contributed by atoms with Crippen LogP contribution in [-0.4, -0.2) is 86.0 Å². The number of hydrogen-bond acceptors (Lipinski definition) is 10. The molecule has 0 N–H and O–H groups in total. The maximum Gasteiger partial charge on any atom is 0.341 e. The molecule has 1 aromatic heterocycles. The largest absolute Gasteiger partial charge is 0.465 e. The van der Waals surface area contributed by atoms with Gasteiger partial charge < -0.3 is 24.0 Å². The number of carbonyl (C=O) groups is 5. The number of carbonyl (C=O) groups excluding carboxylic acids is 5. The zero-order valence-corrected chi connectivity index (χ0v) is 46.9. The second-order valence-corrected chi connectivity index (χ2v) is 21.8. The summed E-state index contributed by atoms with van der Waals surface area (Å²) in [5.41, 5.74) is 0.697. The molecule has 2 heterocycles. The lowest BCUT2D eigenvalue weighted by Gasteiger charge is -2.27. The van der Waals surface area contributed by atoms with E-state index >= 15 is 4.48 Å². The molecule has 11 nitrogen and oxygen atoms in total.